The average Bonchev–Trinajstić information content (AvgIpc) is 2.82. The molecular formula is C27H31BrN6O5. The minimum Gasteiger partial charge on any atom is -0.465 e. The van der Waals surface area contributed by atoms with Gasteiger partial charge in [0.25, 0.3) is 5.91 Å². The third-order valence-corrected chi connectivity index (χ3v) is 6.50. The molecule has 0 bridgehead atoms. The van der Waals surface area contributed by atoms with Gasteiger partial charge in [0.05, 0.1) is 28.8 Å². The monoisotopic (exact) mass is 598 g/mol. The van der Waals surface area contributed by atoms with E-state index >= 15 is 0 Å². The Kier molecular flexibility index (Phi) is 8.24. The number of amides is 3. The normalized spacial score (nSPS) is 17.4. The zero-order valence-corrected chi connectivity index (χ0v) is 23.7. The minimum absolute atomic E-state index is 0.0634. The van der Waals surface area contributed by atoms with E-state index in [1.54, 1.807) is 36.5 Å². The van der Waals surface area contributed by atoms with Crippen LogP contribution in [0.4, 0.5) is 26.7 Å². The van der Waals surface area contributed by atoms with Crippen LogP contribution in [0.3, 0.4) is 0 Å². The van der Waals surface area contributed by atoms with Crippen LogP contribution in [0.5, 0.6) is 0 Å². The second kappa shape index (κ2) is 11.4. The first-order chi connectivity index (χ1) is 18.4. The van der Waals surface area contributed by atoms with Crippen LogP contribution >= 0.6 is 15.9 Å². The van der Waals surface area contributed by atoms with Gasteiger partial charge in [-0.25, -0.2) is 14.6 Å². The van der Waals surface area contributed by atoms with Crippen molar-refractivity contribution < 1.29 is 24.2 Å². The Bertz CT molecular complexity index is 1410. The SMILES string of the molecule is C[C@@H]1C[C@H](NC(=O)OC(C)(C)C)CN(c2ccncc2NC(=O)c2nc3cc(Br)ccc3cc2NC(=O)O)C1. The number of nitrogens with one attached hydrogen (secondary N) is 3. The number of rotatable bonds is 5. The highest BCUT2D eigenvalue weighted by atomic mass is 79.9. The number of pyridine rings is 2. The van der Waals surface area contributed by atoms with E-state index in [1.807, 2.05) is 20.8 Å². The van der Waals surface area contributed by atoms with Crippen LogP contribution in [0.2, 0.25) is 0 Å². The lowest BCUT2D eigenvalue weighted by Gasteiger charge is -2.39. The fourth-order valence-electron chi connectivity index (χ4n) is 4.59. The topological polar surface area (TPSA) is 146 Å². The Labute approximate surface area is 234 Å². The molecule has 1 fully saturated rings. The van der Waals surface area contributed by atoms with Crippen molar-refractivity contribution in [1.82, 2.24) is 15.3 Å². The Morgan fingerprint density at radius 3 is 2.59 bits per heavy atom. The number of piperidine rings is 1. The summed E-state index contributed by atoms with van der Waals surface area (Å²) in [6.45, 7) is 8.74. The third kappa shape index (κ3) is 7.34. The van der Waals surface area contributed by atoms with E-state index in [4.69, 9.17) is 4.74 Å². The summed E-state index contributed by atoms with van der Waals surface area (Å²) in [6, 6.07) is 8.53. The molecule has 206 valence electrons. The molecule has 3 aromatic rings. The number of carbonyl (C=O) groups excluding carboxylic acids is 2. The van der Waals surface area contributed by atoms with Gasteiger partial charge in [-0.1, -0.05) is 28.9 Å². The number of benzene rings is 1. The molecule has 1 aliphatic heterocycles. The highest BCUT2D eigenvalue weighted by Crippen LogP contribution is 2.31. The fraction of sp³-hybridized carbons (Fsp3) is 0.370. The van der Waals surface area contributed by atoms with Crippen molar-refractivity contribution in [2.45, 2.75) is 45.8 Å². The second-order valence-corrected chi connectivity index (χ2v) is 11.5. The summed E-state index contributed by atoms with van der Waals surface area (Å²) in [6.07, 6.45) is 2.16. The van der Waals surface area contributed by atoms with Gasteiger partial charge in [0.2, 0.25) is 0 Å². The number of halogens is 1. The molecular weight excluding hydrogens is 568 g/mol. The van der Waals surface area contributed by atoms with Gasteiger partial charge in [-0.15, -0.1) is 0 Å². The molecule has 39 heavy (non-hydrogen) atoms. The second-order valence-electron chi connectivity index (χ2n) is 10.6. The number of carboxylic acid groups (broad SMARTS) is 1. The van der Waals surface area contributed by atoms with Gasteiger partial charge in [0, 0.05) is 35.2 Å². The number of alkyl carbamates (subject to hydrolysis) is 1. The Morgan fingerprint density at radius 2 is 1.87 bits per heavy atom. The van der Waals surface area contributed by atoms with E-state index in [0.717, 1.165) is 16.6 Å². The standard InChI is InChI=1S/C27H31BrN6O5/c1-15-9-18(30-26(38)39-27(2,3)4)14-34(13-15)22-7-8-29-12-21(22)32-24(35)23-20(33-25(36)37)10-16-5-6-17(28)11-19(16)31-23/h5-8,10-12,15,18,33H,9,13-14H2,1-4H3,(H,30,38)(H,32,35)(H,36,37)/t15-,18+/m1/s1. The number of fused-ring (bicyclic) bond motifs is 1. The molecule has 1 aliphatic rings. The number of aromatic nitrogens is 2. The zero-order chi connectivity index (χ0) is 28.3. The van der Waals surface area contributed by atoms with Crippen LogP contribution in [0.15, 0.2) is 47.2 Å². The lowest BCUT2D eigenvalue weighted by atomic mass is 9.95. The largest absolute Gasteiger partial charge is 0.465 e. The maximum absolute atomic E-state index is 13.4. The fourth-order valence-corrected chi connectivity index (χ4v) is 4.94. The van der Waals surface area contributed by atoms with E-state index in [1.165, 1.54) is 6.20 Å². The van der Waals surface area contributed by atoms with Gasteiger partial charge in [0.15, 0.2) is 5.69 Å². The lowest BCUT2D eigenvalue weighted by Crippen LogP contribution is -2.51. The molecule has 0 radical (unpaired) electrons. The van der Waals surface area contributed by atoms with E-state index < -0.39 is 23.7 Å². The number of hydrogen-bond donors (Lipinski definition) is 4. The van der Waals surface area contributed by atoms with Crippen LogP contribution in [-0.2, 0) is 4.74 Å². The molecule has 2 atom stereocenters. The first-order valence-corrected chi connectivity index (χ1v) is 13.3. The summed E-state index contributed by atoms with van der Waals surface area (Å²) < 4.78 is 6.20. The Morgan fingerprint density at radius 1 is 1.10 bits per heavy atom. The number of hydrogen-bond acceptors (Lipinski definition) is 7. The third-order valence-electron chi connectivity index (χ3n) is 6.00. The molecule has 3 heterocycles. The smallest absolute Gasteiger partial charge is 0.409 e. The van der Waals surface area contributed by atoms with Crippen LogP contribution in [0, 0.1) is 5.92 Å². The van der Waals surface area contributed by atoms with E-state index in [9.17, 15) is 19.5 Å². The predicted octanol–water partition coefficient (Wildman–Crippen LogP) is 5.47. The minimum atomic E-state index is -1.31. The maximum Gasteiger partial charge on any atom is 0.409 e. The van der Waals surface area contributed by atoms with Crippen LogP contribution < -0.4 is 20.9 Å². The van der Waals surface area contributed by atoms with Crippen molar-refractivity contribution in [2.24, 2.45) is 5.92 Å². The van der Waals surface area contributed by atoms with E-state index in [2.05, 4.69) is 53.7 Å². The molecule has 0 aliphatic carbocycles. The van der Waals surface area contributed by atoms with Crippen molar-refractivity contribution in [2.75, 3.05) is 28.6 Å². The van der Waals surface area contributed by atoms with Gasteiger partial charge in [-0.2, -0.15) is 0 Å². The van der Waals surface area contributed by atoms with E-state index in [-0.39, 0.29) is 23.3 Å². The van der Waals surface area contributed by atoms with Gasteiger partial charge in [-0.05, 0) is 57.4 Å². The molecule has 1 aromatic carbocycles. The summed E-state index contributed by atoms with van der Waals surface area (Å²) in [7, 11) is 0. The van der Waals surface area contributed by atoms with E-state index in [0.29, 0.717) is 29.7 Å². The Hall–Kier alpha value is -3.93. The average molecular weight is 599 g/mol. The van der Waals surface area contributed by atoms with Gasteiger partial charge in [0.1, 0.15) is 5.60 Å². The lowest BCUT2D eigenvalue weighted by molar-refractivity contribution is 0.0495. The summed E-state index contributed by atoms with van der Waals surface area (Å²) in [5.74, 6) is -0.342. The number of anilines is 3. The molecule has 0 saturated carbocycles. The molecule has 1 saturated heterocycles. The maximum atomic E-state index is 13.4. The number of carbonyl (C=O) groups is 3. The molecule has 0 spiro atoms. The summed E-state index contributed by atoms with van der Waals surface area (Å²) in [5, 5.41) is 18.1. The van der Waals surface area contributed by atoms with Crippen molar-refractivity contribution >= 4 is 62.0 Å². The van der Waals surface area contributed by atoms with Crippen molar-refractivity contribution in [3.05, 3.63) is 52.9 Å². The quantitative estimate of drug-likeness (QED) is 0.302. The molecule has 11 nitrogen and oxygen atoms in total. The predicted molar refractivity (Wildman–Crippen MR) is 152 cm³/mol. The first kappa shape index (κ1) is 28.1. The molecule has 12 heteroatoms. The summed E-state index contributed by atoms with van der Waals surface area (Å²) in [5.41, 5.74) is 1.07. The highest BCUT2D eigenvalue weighted by Gasteiger charge is 2.29. The van der Waals surface area contributed by atoms with Crippen molar-refractivity contribution in [1.29, 1.82) is 0 Å². The highest BCUT2D eigenvalue weighted by molar-refractivity contribution is 9.10. The van der Waals surface area contributed by atoms with Crippen molar-refractivity contribution in [3.8, 4) is 0 Å². The zero-order valence-electron chi connectivity index (χ0n) is 22.1. The molecule has 4 rings (SSSR count). The Balaban J connectivity index is 1.59. The van der Waals surface area contributed by atoms with Crippen LogP contribution in [0.25, 0.3) is 10.9 Å². The molecule has 0 unspecified atom stereocenters. The number of nitrogens with zero attached hydrogens (tertiary/aromatic N) is 3. The van der Waals surface area contributed by atoms with Crippen molar-refractivity contribution in [3.63, 3.8) is 0 Å². The van der Waals surface area contributed by atoms with Crippen LogP contribution in [-0.4, -0.2) is 57.9 Å². The molecule has 2 aromatic heterocycles. The van der Waals surface area contributed by atoms with Gasteiger partial charge in [-0.3, -0.25) is 15.1 Å². The van der Waals surface area contributed by atoms with Gasteiger partial charge >= 0.3 is 12.2 Å². The van der Waals surface area contributed by atoms with Gasteiger partial charge < -0.3 is 25.4 Å². The molecule has 4 N–H and O–H groups in total. The first-order valence-electron chi connectivity index (χ1n) is 12.5. The summed E-state index contributed by atoms with van der Waals surface area (Å²) in [4.78, 5) is 48.0. The number of ether oxygens (including phenoxy) is 1. The summed E-state index contributed by atoms with van der Waals surface area (Å²) >= 11 is 3.40. The van der Waals surface area contributed by atoms with Crippen LogP contribution in [0.1, 0.15) is 44.6 Å². The molecule has 3 amide bonds.